The van der Waals surface area contributed by atoms with E-state index in [0.717, 1.165) is 81.6 Å². The SMILES string of the molecule is Cc1cc2c(N)c(c1)-c1ccc(cc1)CCc1ccc(cc1)-c1cc(C)cc(c1N)-c1ccc(cc1)CCc1ccc-2cc1. The minimum Gasteiger partial charge on any atom is -0.398 e. The number of hydrogen-bond donors (Lipinski definition) is 2. The van der Waals surface area contributed by atoms with E-state index in [4.69, 9.17) is 11.5 Å². The highest BCUT2D eigenvalue weighted by Gasteiger charge is 2.13. The van der Waals surface area contributed by atoms with Crippen molar-refractivity contribution >= 4 is 11.4 Å². The second-order valence-corrected chi connectivity index (χ2v) is 12.3. The Labute approximate surface area is 261 Å². The van der Waals surface area contributed by atoms with Crippen LogP contribution in [0.2, 0.25) is 0 Å². The molecule has 0 aliphatic heterocycles. The lowest BCUT2D eigenvalue weighted by Crippen LogP contribution is -1.98. The maximum atomic E-state index is 6.83. The van der Waals surface area contributed by atoms with Crippen LogP contribution >= 0.6 is 0 Å². The van der Waals surface area contributed by atoms with E-state index in [-0.39, 0.29) is 0 Å². The van der Waals surface area contributed by atoms with Crippen molar-refractivity contribution in [3.8, 4) is 44.5 Å². The smallest absolute Gasteiger partial charge is 0.0473 e. The summed E-state index contributed by atoms with van der Waals surface area (Å²) < 4.78 is 0. The molecule has 0 amide bonds. The van der Waals surface area contributed by atoms with Crippen LogP contribution in [0.5, 0.6) is 0 Å². The summed E-state index contributed by atoms with van der Waals surface area (Å²) in [6, 6.07) is 44.4. The van der Waals surface area contributed by atoms with Gasteiger partial charge in [-0.2, -0.15) is 0 Å². The number of anilines is 2. The number of nitrogens with two attached hydrogens (primary N) is 2. The minimum absolute atomic E-state index is 0.832. The summed E-state index contributed by atoms with van der Waals surface area (Å²) in [6.45, 7) is 4.30. The first-order valence-electron chi connectivity index (χ1n) is 15.6. The number of rotatable bonds is 0. The Hall–Kier alpha value is -5.08. The van der Waals surface area contributed by atoms with Gasteiger partial charge in [0.2, 0.25) is 0 Å². The Morgan fingerprint density at radius 1 is 0.341 bits per heavy atom. The molecular weight excluding hydrogens is 532 g/mol. The van der Waals surface area contributed by atoms with Gasteiger partial charge in [-0.15, -0.1) is 0 Å². The molecule has 0 saturated heterocycles. The first-order chi connectivity index (χ1) is 21.4. The molecule has 2 nitrogen and oxygen atoms in total. The van der Waals surface area contributed by atoms with Crippen molar-refractivity contribution in [3.05, 3.63) is 155 Å². The summed E-state index contributed by atoms with van der Waals surface area (Å²) in [5.74, 6) is 0. The maximum Gasteiger partial charge on any atom is 0.0473 e. The van der Waals surface area contributed by atoms with E-state index in [1.807, 2.05) is 0 Å². The van der Waals surface area contributed by atoms with E-state index in [2.05, 4.69) is 135 Å². The van der Waals surface area contributed by atoms with Gasteiger partial charge in [-0.3, -0.25) is 0 Å². The van der Waals surface area contributed by atoms with E-state index in [1.54, 1.807) is 0 Å². The molecule has 6 aromatic rings. The van der Waals surface area contributed by atoms with Gasteiger partial charge in [0.05, 0.1) is 0 Å². The number of benzene rings is 6. The summed E-state index contributed by atoms with van der Waals surface area (Å²) in [5.41, 5.74) is 32.0. The predicted molar refractivity (Wildman–Crippen MR) is 188 cm³/mol. The lowest BCUT2D eigenvalue weighted by molar-refractivity contribution is 0.960. The van der Waals surface area contributed by atoms with Gasteiger partial charge in [-0.05, 0) is 119 Å². The normalized spacial score (nSPS) is 12.6. The van der Waals surface area contributed by atoms with Crippen molar-refractivity contribution in [1.82, 2.24) is 0 Å². The lowest BCUT2D eigenvalue weighted by atomic mass is 9.91. The average molecular weight is 571 g/mol. The van der Waals surface area contributed by atoms with Crippen molar-refractivity contribution < 1.29 is 0 Å². The van der Waals surface area contributed by atoms with Crippen LogP contribution < -0.4 is 11.5 Å². The van der Waals surface area contributed by atoms with Crippen LogP contribution in [0, 0.1) is 13.8 Å². The Bertz CT molecular complexity index is 1660. The third-order valence-electron chi connectivity index (χ3n) is 9.11. The Balaban J connectivity index is 1.29. The summed E-state index contributed by atoms with van der Waals surface area (Å²) in [6.07, 6.45) is 3.92. The van der Waals surface area contributed by atoms with E-state index in [9.17, 15) is 0 Å². The molecule has 0 saturated carbocycles. The van der Waals surface area contributed by atoms with Crippen molar-refractivity contribution in [2.24, 2.45) is 0 Å². The molecule has 216 valence electrons. The van der Waals surface area contributed by atoms with Crippen molar-refractivity contribution in [2.45, 2.75) is 39.5 Å². The zero-order valence-corrected chi connectivity index (χ0v) is 25.5. The lowest BCUT2D eigenvalue weighted by Gasteiger charge is -2.15. The third-order valence-corrected chi connectivity index (χ3v) is 9.11. The van der Waals surface area contributed by atoms with Crippen molar-refractivity contribution in [2.75, 3.05) is 11.5 Å². The van der Waals surface area contributed by atoms with Gasteiger partial charge in [0.15, 0.2) is 0 Å². The zero-order valence-electron chi connectivity index (χ0n) is 25.5. The van der Waals surface area contributed by atoms with Crippen LogP contribution in [0.15, 0.2) is 121 Å². The second kappa shape index (κ2) is 11.5. The molecule has 0 radical (unpaired) electrons. The van der Waals surface area contributed by atoms with Gasteiger partial charge in [0.1, 0.15) is 0 Å². The predicted octanol–water partition coefficient (Wildman–Crippen LogP) is 10.0. The molecule has 7 aliphatic rings. The summed E-state index contributed by atoms with van der Waals surface area (Å²) in [5, 5.41) is 0. The van der Waals surface area contributed by atoms with Gasteiger partial charge < -0.3 is 11.5 Å². The quantitative estimate of drug-likeness (QED) is 0.179. The van der Waals surface area contributed by atoms with Gasteiger partial charge in [0.25, 0.3) is 0 Å². The first-order valence-corrected chi connectivity index (χ1v) is 15.6. The maximum absolute atomic E-state index is 6.83. The monoisotopic (exact) mass is 570 g/mol. The molecule has 4 N–H and O–H groups in total. The molecular formula is C42H38N2. The van der Waals surface area contributed by atoms with Crippen molar-refractivity contribution in [1.29, 1.82) is 0 Å². The third kappa shape index (κ3) is 5.52. The highest BCUT2D eigenvalue weighted by Crippen LogP contribution is 2.38. The molecule has 44 heavy (non-hydrogen) atoms. The summed E-state index contributed by atoms with van der Waals surface area (Å²) in [7, 11) is 0. The Kier molecular flexibility index (Phi) is 7.28. The molecule has 2 heteroatoms. The molecule has 13 rings (SSSR count). The summed E-state index contributed by atoms with van der Waals surface area (Å²) >= 11 is 0. The van der Waals surface area contributed by atoms with E-state index in [0.29, 0.717) is 0 Å². The van der Waals surface area contributed by atoms with Gasteiger partial charge in [-0.25, -0.2) is 0 Å². The highest BCUT2D eigenvalue weighted by atomic mass is 14.6. The Morgan fingerprint density at radius 2 is 0.545 bits per heavy atom. The average Bonchev–Trinajstić information content (AvgIpc) is 3.05. The fraction of sp³-hybridized carbons (Fsp3) is 0.143. The molecule has 0 fully saturated rings. The van der Waals surface area contributed by atoms with Gasteiger partial charge in [-0.1, -0.05) is 97.1 Å². The molecule has 6 aromatic carbocycles. The first kappa shape index (κ1) is 27.7. The van der Waals surface area contributed by atoms with Crippen LogP contribution in [0.3, 0.4) is 0 Å². The van der Waals surface area contributed by atoms with E-state index >= 15 is 0 Å². The van der Waals surface area contributed by atoms with E-state index in [1.165, 1.54) is 33.4 Å². The van der Waals surface area contributed by atoms with Crippen LogP contribution in [0.25, 0.3) is 44.5 Å². The molecule has 0 aromatic heterocycles. The minimum atomic E-state index is 0.832. The van der Waals surface area contributed by atoms with E-state index < -0.39 is 0 Å². The van der Waals surface area contributed by atoms with Crippen molar-refractivity contribution in [3.63, 3.8) is 0 Å². The fourth-order valence-corrected chi connectivity index (χ4v) is 6.53. The molecule has 0 unspecified atom stereocenters. The zero-order chi connectivity index (χ0) is 30.2. The molecule has 12 bridgehead atoms. The van der Waals surface area contributed by atoms with Crippen LogP contribution in [0.4, 0.5) is 11.4 Å². The fourth-order valence-electron chi connectivity index (χ4n) is 6.53. The molecule has 0 spiro atoms. The summed E-state index contributed by atoms with van der Waals surface area (Å²) in [4.78, 5) is 0. The second-order valence-electron chi connectivity index (χ2n) is 12.3. The number of nitrogen functional groups attached to an aromatic ring is 2. The standard InChI is InChI=1S/C42H38N2/c1-27-23-37-33-15-7-29(8-16-33)3-5-31-11-19-35(20-12-31)39-25-28(2)26-40(42(39)44)36-21-13-32(14-22-36)6-4-30-9-17-34(18-10-30)38(24-27)41(37)43/h7-26H,3-6,43-44H2,1-2H3. The van der Waals surface area contributed by atoms with Gasteiger partial charge in [0, 0.05) is 33.6 Å². The molecule has 7 aliphatic carbocycles. The van der Waals surface area contributed by atoms with Crippen LogP contribution in [-0.2, 0) is 25.7 Å². The number of aryl methyl sites for hydroxylation is 6. The van der Waals surface area contributed by atoms with Gasteiger partial charge >= 0.3 is 0 Å². The van der Waals surface area contributed by atoms with Crippen LogP contribution in [0.1, 0.15) is 33.4 Å². The Morgan fingerprint density at radius 3 is 0.750 bits per heavy atom. The largest absolute Gasteiger partial charge is 0.398 e. The topological polar surface area (TPSA) is 52.0 Å². The highest BCUT2D eigenvalue weighted by molar-refractivity contribution is 5.91. The molecule has 0 heterocycles. The number of hydrogen-bond acceptors (Lipinski definition) is 2. The van der Waals surface area contributed by atoms with Crippen LogP contribution in [-0.4, -0.2) is 0 Å². The molecule has 0 atom stereocenters.